The molecule has 1 saturated carbocycles. The highest BCUT2D eigenvalue weighted by Gasteiger charge is 2.62. The van der Waals surface area contributed by atoms with E-state index >= 15 is 0 Å². The molecule has 2 aromatic rings. The molecule has 0 N–H and O–H groups in total. The Hall–Kier alpha value is -3.62. The molecule has 15 heteroatoms. The number of rotatable bonds is 10. The van der Waals surface area contributed by atoms with E-state index in [1.807, 2.05) is 0 Å². The molecule has 278 valence electrons. The van der Waals surface area contributed by atoms with Gasteiger partial charge in [0.1, 0.15) is 6.04 Å². The molecule has 0 spiro atoms. The van der Waals surface area contributed by atoms with Gasteiger partial charge in [0, 0.05) is 35.4 Å². The van der Waals surface area contributed by atoms with Crippen molar-refractivity contribution < 1.29 is 54.9 Å². The standard InChI is InChI=1S/C35H45F6N3O6/c1-8-48-32(46)27-25(33(4,5)6)28(49-18-20-16-21(34(36,37)38)17-43-29(20)47-7)26(23-13-11-15-42-30(23)50-19(2)3)44(27)31(45)22-12-9-10-14-24(22)35(39,40)41/h11,13,15-17,19,22,24-28H,8-10,12,14,18H2,1-7H3/t22-,24-,25+,26-,27-,28-/m0/s1. The number of esters is 1. The number of halogens is 6. The second-order valence-corrected chi connectivity index (χ2v) is 14.0. The summed E-state index contributed by atoms with van der Waals surface area (Å²) < 4.78 is 108. The van der Waals surface area contributed by atoms with E-state index < -0.39 is 83.9 Å². The number of aromatic nitrogens is 2. The quantitative estimate of drug-likeness (QED) is 0.182. The Morgan fingerprint density at radius 1 is 1.02 bits per heavy atom. The zero-order chi connectivity index (χ0) is 37.2. The predicted molar refractivity (Wildman–Crippen MR) is 169 cm³/mol. The van der Waals surface area contributed by atoms with Gasteiger partial charge < -0.3 is 23.8 Å². The summed E-state index contributed by atoms with van der Waals surface area (Å²) in [5.41, 5.74) is -1.73. The van der Waals surface area contributed by atoms with Crippen molar-refractivity contribution in [3.63, 3.8) is 0 Å². The van der Waals surface area contributed by atoms with E-state index in [1.54, 1.807) is 53.7 Å². The maximum atomic E-state index is 14.8. The third kappa shape index (κ3) is 8.46. The first-order valence-corrected chi connectivity index (χ1v) is 16.7. The first-order valence-electron chi connectivity index (χ1n) is 16.7. The molecule has 50 heavy (non-hydrogen) atoms. The lowest BCUT2D eigenvalue weighted by Crippen LogP contribution is -2.52. The Bertz CT molecular complexity index is 1490. The van der Waals surface area contributed by atoms with E-state index in [4.69, 9.17) is 18.9 Å². The van der Waals surface area contributed by atoms with Gasteiger partial charge in [0.25, 0.3) is 0 Å². The second-order valence-electron chi connectivity index (χ2n) is 14.0. The Morgan fingerprint density at radius 2 is 1.70 bits per heavy atom. The van der Waals surface area contributed by atoms with Crippen molar-refractivity contribution in [2.24, 2.45) is 23.2 Å². The monoisotopic (exact) mass is 717 g/mol. The normalized spacial score (nSPS) is 24.7. The Labute approximate surface area is 288 Å². The number of pyridine rings is 2. The molecule has 1 saturated heterocycles. The van der Waals surface area contributed by atoms with Gasteiger partial charge in [0.2, 0.25) is 17.7 Å². The molecule has 2 fully saturated rings. The summed E-state index contributed by atoms with van der Waals surface area (Å²) in [7, 11) is 1.24. The lowest BCUT2D eigenvalue weighted by Gasteiger charge is -2.39. The van der Waals surface area contributed by atoms with Gasteiger partial charge >= 0.3 is 18.3 Å². The number of amides is 1. The van der Waals surface area contributed by atoms with Crippen LogP contribution in [-0.4, -0.2) is 64.9 Å². The van der Waals surface area contributed by atoms with Crippen LogP contribution >= 0.6 is 0 Å². The maximum absolute atomic E-state index is 14.8. The van der Waals surface area contributed by atoms with Crippen LogP contribution in [0.25, 0.3) is 0 Å². The van der Waals surface area contributed by atoms with Crippen LogP contribution in [0.5, 0.6) is 11.8 Å². The van der Waals surface area contributed by atoms with E-state index in [-0.39, 0.29) is 48.8 Å². The molecule has 3 heterocycles. The van der Waals surface area contributed by atoms with E-state index in [1.165, 1.54) is 13.3 Å². The van der Waals surface area contributed by atoms with Crippen LogP contribution in [0.1, 0.15) is 90.0 Å². The molecule has 1 amide bonds. The smallest absolute Gasteiger partial charge is 0.417 e. The maximum Gasteiger partial charge on any atom is 0.417 e. The minimum Gasteiger partial charge on any atom is -0.481 e. The average molecular weight is 718 g/mol. The van der Waals surface area contributed by atoms with Crippen LogP contribution in [0.15, 0.2) is 30.6 Å². The molecular formula is C35H45F6N3O6. The molecule has 0 aromatic carbocycles. The number of likely N-dealkylation sites (tertiary alicyclic amines) is 1. The summed E-state index contributed by atoms with van der Waals surface area (Å²) in [6, 6.07) is 1.30. The Balaban J connectivity index is 1.97. The molecule has 2 aliphatic rings. The number of ether oxygens (including phenoxy) is 4. The van der Waals surface area contributed by atoms with Gasteiger partial charge in [-0.1, -0.05) is 33.6 Å². The fourth-order valence-electron chi connectivity index (χ4n) is 7.22. The largest absolute Gasteiger partial charge is 0.481 e. The first-order chi connectivity index (χ1) is 23.3. The zero-order valence-corrected chi connectivity index (χ0v) is 29.2. The number of hydrogen-bond acceptors (Lipinski definition) is 8. The van der Waals surface area contributed by atoms with Gasteiger partial charge in [0.05, 0.1) is 50.1 Å². The van der Waals surface area contributed by atoms with Crippen LogP contribution in [-0.2, 0) is 31.8 Å². The second kappa shape index (κ2) is 15.3. The lowest BCUT2D eigenvalue weighted by molar-refractivity contribution is -0.202. The van der Waals surface area contributed by atoms with Gasteiger partial charge in [-0.25, -0.2) is 14.8 Å². The van der Waals surface area contributed by atoms with Gasteiger partial charge in [-0.05, 0) is 57.2 Å². The summed E-state index contributed by atoms with van der Waals surface area (Å²) in [5, 5.41) is 0. The molecule has 0 bridgehead atoms. The summed E-state index contributed by atoms with van der Waals surface area (Å²) in [6.07, 6.45) is -8.57. The summed E-state index contributed by atoms with van der Waals surface area (Å²) in [6.45, 7) is 9.81. The predicted octanol–water partition coefficient (Wildman–Crippen LogP) is 7.72. The third-order valence-electron chi connectivity index (χ3n) is 9.23. The minimum absolute atomic E-state index is 0.0526. The fourth-order valence-corrected chi connectivity index (χ4v) is 7.22. The number of carbonyl (C=O) groups excluding carboxylic acids is 2. The van der Waals surface area contributed by atoms with Crippen LogP contribution in [0, 0.1) is 23.2 Å². The van der Waals surface area contributed by atoms with Crippen molar-refractivity contribution in [1.82, 2.24) is 14.9 Å². The Morgan fingerprint density at radius 3 is 2.28 bits per heavy atom. The van der Waals surface area contributed by atoms with Gasteiger partial charge in [-0.2, -0.15) is 26.3 Å². The molecule has 6 atom stereocenters. The van der Waals surface area contributed by atoms with E-state index in [9.17, 15) is 35.9 Å². The highest BCUT2D eigenvalue weighted by molar-refractivity contribution is 5.88. The molecular weight excluding hydrogens is 672 g/mol. The highest BCUT2D eigenvalue weighted by atomic mass is 19.4. The van der Waals surface area contributed by atoms with Crippen molar-refractivity contribution in [2.75, 3.05) is 13.7 Å². The SMILES string of the molecule is CCOC(=O)[C@@H]1[C@@H](C(C)(C)C)[C@H](OCc2cc(C(F)(F)F)cnc2OC)[C@H](c2cccnc2OC(C)C)N1C(=O)[C@H]1CCCC[C@@H]1C(F)(F)F. The molecule has 0 radical (unpaired) electrons. The molecule has 0 unspecified atom stereocenters. The number of alkyl halides is 6. The molecule has 9 nitrogen and oxygen atoms in total. The summed E-state index contributed by atoms with van der Waals surface area (Å²) in [4.78, 5) is 38.1. The minimum atomic E-state index is -4.73. The highest BCUT2D eigenvalue weighted by Crippen LogP contribution is 2.53. The molecule has 1 aliphatic heterocycles. The number of hydrogen-bond donors (Lipinski definition) is 0. The van der Waals surface area contributed by atoms with Crippen molar-refractivity contribution in [2.45, 2.75) is 110 Å². The lowest BCUT2D eigenvalue weighted by atomic mass is 9.73. The van der Waals surface area contributed by atoms with E-state index in [0.717, 1.165) is 11.0 Å². The fraction of sp³-hybridized carbons (Fsp3) is 0.657. The van der Waals surface area contributed by atoms with Crippen molar-refractivity contribution >= 4 is 11.9 Å². The van der Waals surface area contributed by atoms with Gasteiger partial charge in [0.15, 0.2) is 0 Å². The zero-order valence-electron chi connectivity index (χ0n) is 29.2. The summed E-state index contributed by atoms with van der Waals surface area (Å²) >= 11 is 0. The summed E-state index contributed by atoms with van der Waals surface area (Å²) in [5.74, 6) is -6.19. The number of methoxy groups -OCH3 is 1. The average Bonchev–Trinajstić information content (AvgIpc) is 3.38. The van der Waals surface area contributed by atoms with Gasteiger partial charge in [-0.15, -0.1) is 0 Å². The first kappa shape index (κ1) is 39.2. The number of carbonyl (C=O) groups is 2. The molecule has 1 aliphatic carbocycles. The number of nitrogens with zero attached hydrogens (tertiary/aromatic N) is 3. The third-order valence-corrected chi connectivity index (χ3v) is 9.23. The Kier molecular flexibility index (Phi) is 12.0. The van der Waals surface area contributed by atoms with Crippen LogP contribution in [0.4, 0.5) is 26.3 Å². The van der Waals surface area contributed by atoms with Crippen molar-refractivity contribution in [3.05, 3.63) is 47.3 Å². The van der Waals surface area contributed by atoms with Gasteiger partial charge in [-0.3, -0.25) is 4.79 Å². The van der Waals surface area contributed by atoms with Crippen LogP contribution in [0.2, 0.25) is 0 Å². The van der Waals surface area contributed by atoms with Crippen LogP contribution < -0.4 is 9.47 Å². The molecule has 2 aromatic heterocycles. The van der Waals surface area contributed by atoms with Crippen molar-refractivity contribution in [3.8, 4) is 11.8 Å². The molecule has 4 rings (SSSR count). The van der Waals surface area contributed by atoms with Crippen molar-refractivity contribution in [1.29, 1.82) is 0 Å². The topological polar surface area (TPSA) is 100 Å². The van der Waals surface area contributed by atoms with E-state index in [2.05, 4.69) is 9.97 Å². The van der Waals surface area contributed by atoms with Crippen LogP contribution in [0.3, 0.4) is 0 Å². The van der Waals surface area contributed by atoms with E-state index in [0.29, 0.717) is 12.6 Å².